The number of aryl methyl sites for hydroxylation is 1. The van der Waals surface area contributed by atoms with E-state index in [9.17, 15) is 23.6 Å². The molecule has 43 heavy (non-hydrogen) atoms. The number of methoxy groups -OCH3 is 1. The summed E-state index contributed by atoms with van der Waals surface area (Å²) in [5.41, 5.74) is -2.19. The van der Waals surface area contributed by atoms with E-state index in [1.807, 2.05) is 0 Å². The smallest absolute Gasteiger partial charge is 0.333 e. The molecule has 1 amide bonds. The van der Waals surface area contributed by atoms with Crippen LogP contribution in [0.2, 0.25) is 0 Å². The normalized spacial score (nSPS) is 13.3. The van der Waals surface area contributed by atoms with Crippen molar-refractivity contribution >= 4 is 33.7 Å². The Bertz CT molecular complexity index is 1760. The topological polar surface area (TPSA) is 139 Å². The zero-order chi connectivity index (χ0) is 31.6. The number of fused-ring (bicyclic) bond motifs is 1. The van der Waals surface area contributed by atoms with Crippen molar-refractivity contribution in [2.24, 2.45) is 5.92 Å². The molecule has 1 aromatic carbocycles. The minimum Gasteiger partial charge on any atom is -0.496 e. The predicted molar refractivity (Wildman–Crippen MR) is 159 cm³/mol. The van der Waals surface area contributed by atoms with Gasteiger partial charge in [0.15, 0.2) is 0 Å². The van der Waals surface area contributed by atoms with Gasteiger partial charge in [0.05, 0.1) is 38.0 Å². The summed E-state index contributed by atoms with van der Waals surface area (Å²) in [7, 11) is 1.42. The van der Waals surface area contributed by atoms with Crippen molar-refractivity contribution < 1.29 is 23.5 Å². The summed E-state index contributed by atoms with van der Waals surface area (Å²) >= 11 is 1.12. The lowest BCUT2D eigenvalue weighted by Crippen LogP contribution is -2.56. The van der Waals surface area contributed by atoms with Gasteiger partial charge >= 0.3 is 5.69 Å². The van der Waals surface area contributed by atoms with Crippen LogP contribution in [0.4, 0.5) is 4.39 Å². The number of thiophene rings is 1. The van der Waals surface area contributed by atoms with Gasteiger partial charge in [-0.25, -0.2) is 13.8 Å². The van der Waals surface area contributed by atoms with Crippen molar-refractivity contribution in [1.82, 2.24) is 29.4 Å². The molecule has 0 spiro atoms. The largest absolute Gasteiger partial charge is 0.496 e. The van der Waals surface area contributed by atoms with Crippen LogP contribution in [0.3, 0.4) is 0 Å². The van der Waals surface area contributed by atoms with E-state index in [-0.39, 0.29) is 24.6 Å². The highest BCUT2D eigenvalue weighted by Gasteiger charge is 2.36. The second-order valence-corrected chi connectivity index (χ2v) is 12.1. The quantitative estimate of drug-likeness (QED) is 0.240. The third kappa shape index (κ3) is 6.15. The molecule has 0 radical (unpaired) electrons. The standard InChI is InChI=1S/C29H35FN6O6S/c1-16(2)33-27(39)29(5,6)35-24(38)23-18(4)25(36-31-10-11-32-36)43-26(23)34(28(35)40)13-22(42-15-17(3)14-37)20-12-19(30)8-9-21(20)41-7/h8-12,14,16-17,22H,13,15H2,1-7H3,(H,33,39)/t17?,22-/m0/s1. The van der Waals surface area contributed by atoms with E-state index in [1.54, 1.807) is 27.7 Å². The second kappa shape index (κ2) is 12.6. The number of amides is 1. The van der Waals surface area contributed by atoms with Crippen molar-refractivity contribution in [2.75, 3.05) is 13.7 Å². The number of hydrogen-bond donors (Lipinski definition) is 1. The monoisotopic (exact) mass is 614 g/mol. The number of aromatic nitrogens is 5. The van der Waals surface area contributed by atoms with Crippen LogP contribution in [-0.2, 0) is 26.4 Å². The van der Waals surface area contributed by atoms with E-state index in [2.05, 4.69) is 15.5 Å². The SMILES string of the molecule is COc1ccc(F)cc1[C@H](Cn1c(=O)n(C(C)(C)C(=O)NC(C)C)c(=O)c2c(C)c(-n3nccn3)sc21)OCC(C)C=O. The Morgan fingerprint density at radius 2 is 1.86 bits per heavy atom. The molecule has 3 aromatic heterocycles. The number of carbonyl (C=O) groups excluding carboxylic acids is 2. The Kier molecular flexibility index (Phi) is 9.30. The highest BCUT2D eigenvalue weighted by Crippen LogP contribution is 2.34. The van der Waals surface area contributed by atoms with Gasteiger partial charge < -0.3 is 19.6 Å². The fourth-order valence-electron chi connectivity index (χ4n) is 4.71. The van der Waals surface area contributed by atoms with Gasteiger partial charge in [0.1, 0.15) is 39.3 Å². The second-order valence-electron chi connectivity index (χ2n) is 11.1. The first kappa shape index (κ1) is 31.8. The Hall–Kier alpha value is -4.17. The molecule has 4 rings (SSSR count). The summed E-state index contributed by atoms with van der Waals surface area (Å²) in [5.74, 6) is -1.26. The van der Waals surface area contributed by atoms with Gasteiger partial charge in [0.2, 0.25) is 5.91 Å². The first-order valence-corrected chi connectivity index (χ1v) is 14.5. The number of aldehydes is 1. The molecule has 4 aromatic rings. The van der Waals surface area contributed by atoms with Crippen LogP contribution in [0.25, 0.3) is 15.2 Å². The molecule has 0 fully saturated rings. The predicted octanol–water partition coefficient (Wildman–Crippen LogP) is 3.11. The number of nitrogens with one attached hydrogen (secondary N) is 1. The lowest BCUT2D eigenvalue weighted by atomic mass is 10.0. The van der Waals surface area contributed by atoms with Gasteiger partial charge in [-0.15, -0.1) is 4.80 Å². The molecule has 0 aliphatic heterocycles. The first-order valence-electron chi connectivity index (χ1n) is 13.7. The summed E-state index contributed by atoms with van der Waals surface area (Å²) in [5, 5.41) is 11.9. The molecule has 0 bridgehead atoms. The highest BCUT2D eigenvalue weighted by molar-refractivity contribution is 7.21. The van der Waals surface area contributed by atoms with E-state index < -0.39 is 40.5 Å². The van der Waals surface area contributed by atoms with Crippen LogP contribution in [0.1, 0.15) is 51.8 Å². The van der Waals surface area contributed by atoms with Crippen LogP contribution in [0.5, 0.6) is 5.75 Å². The summed E-state index contributed by atoms with van der Waals surface area (Å²) in [6.45, 7) is 9.70. The van der Waals surface area contributed by atoms with Crippen molar-refractivity contribution in [3.05, 3.63) is 68.4 Å². The molecule has 0 aliphatic carbocycles. The zero-order valence-electron chi connectivity index (χ0n) is 25.1. The van der Waals surface area contributed by atoms with Gasteiger partial charge in [-0.3, -0.25) is 14.2 Å². The molecule has 12 nitrogen and oxygen atoms in total. The maximum Gasteiger partial charge on any atom is 0.333 e. The average Bonchev–Trinajstić information content (AvgIpc) is 3.60. The van der Waals surface area contributed by atoms with Gasteiger partial charge in [-0.2, -0.15) is 10.2 Å². The molecular weight excluding hydrogens is 579 g/mol. The van der Waals surface area contributed by atoms with Gasteiger partial charge in [-0.05, 0) is 52.8 Å². The number of benzene rings is 1. The lowest BCUT2D eigenvalue weighted by Gasteiger charge is -2.28. The number of hydrogen-bond acceptors (Lipinski definition) is 9. The molecule has 14 heteroatoms. The first-order chi connectivity index (χ1) is 20.3. The number of nitrogens with zero attached hydrogens (tertiary/aromatic N) is 5. The van der Waals surface area contributed by atoms with E-state index in [4.69, 9.17) is 9.47 Å². The van der Waals surface area contributed by atoms with E-state index in [1.165, 1.54) is 60.9 Å². The van der Waals surface area contributed by atoms with Crippen LogP contribution >= 0.6 is 11.3 Å². The minimum absolute atomic E-state index is 0.0282. The number of rotatable bonds is 12. The molecular formula is C29H35FN6O6S. The summed E-state index contributed by atoms with van der Waals surface area (Å²) < 4.78 is 28.4. The van der Waals surface area contributed by atoms with Crippen LogP contribution in [0.15, 0.2) is 40.2 Å². The summed E-state index contributed by atoms with van der Waals surface area (Å²) in [4.78, 5) is 54.8. The molecule has 230 valence electrons. The Balaban J connectivity index is 2.03. The molecule has 0 saturated heterocycles. The number of halogens is 1. The third-order valence-electron chi connectivity index (χ3n) is 7.00. The molecule has 0 saturated carbocycles. The minimum atomic E-state index is -1.59. The van der Waals surface area contributed by atoms with Gasteiger partial charge in [0.25, 0.3) is 5.56 Å². The zero-order valence-corrected chi connectivity index (χ0v) is 25.9. The van der Waals surface area contributed by atoms with Crippen LogP contribution in [0, 0.1) is 18.7 Å². The fraction of sp³-hybridized carbons (Fsp3) is 0.448. The highest BCUT2D eigenvalue weighted by atomic mass is 32.1. The number of ether oxygens (including phenoxy) is 2. The molecule has 0 aliphatic rings. The fourth-order valence-corrected chi connectivity index (χ4v) is 5.93. The van der Waals surface area contributed by atoms with Crippen LogP contribution in [-0.4, -0.2) is 56.1 Å². The van der Waals surface area contributed by atoms with Crippen molar-refractivity contribution in [1.29, 1.82) is 0 Å². The Morgan fingerprint density at radius 3 is 2.47 bits per heavy atom. The molecule has 1 unspecified atom stereocenters. The summed E-state index contributed by atoms with van der Waals surface area (Å²) in [6.07, 6.45) is 2.72. The average molecular weight is 615 g/mol. The van der Waals surface area contributed by atoms with Gasteiger partial charge in [-0.1, -0.05) is 18.3 Å². The van der Waals surface area contributed by atoms with Gasteiger partial charge in [0, 0.05) is 23.1 Å². The molecule has 2 atom stereocenters. The third-order valence-corrected chi connectivity index (χ3v) is 8.28. The Morgan fingerprint density at radius 1 is 1.19 bits per heavy atom. The van der Waals surface area contributed by atoms with Crippen molar-refractivity contribution in [3.63, 3.8) is 0 Å². The van der Waals surface area contributed by atoms with E-state index in [0.717, 1.165) is 22.2 Å². The molecule has 3 heterocycles. The lowest BCUT2D eigenvalue weighted by molar-refractivity contribution is -0.129. The number of carbonyl (C=O) groups is 2. The summed E-state index contributed by atoms with van der Waals surface area (Å²) in [6, 6.07) is 3.68. The van der Waals surface area contributed by atoms with Crippen molar-refractivity contribution in [3.8, 4) is 10.8 Å². The van der Waals surface area contributed by atoms with E-state index >= 15 is 0 Å². The van der Waals surface area contributed by atoms with E-state index in [0.29, 0.717) is 26.7 Å². The maximum atomic E-state index is 14.5. The van der Waals surface area contributed by atoms with Crippen molar-refractivity contribution in [2.45, 2.75) is 65.8 Å². The molecule has 1 N–H and O–H groups in total. The maximum absolute atomic E-state index is 14.5. The Labute approximate surface area is 251 Å². The van der Waals surface area contributed by atoms with Crippen LogP contribution < -0.4 is 21.3 Å².